The summed E-state index contributed by atoms with van der Waals surface area (Å²) < 4.78 is 21.7. The minimum atomic E-state index is -0.949. The standard InChI is InChI=1S/C21H19NO6/c1-21-13-8-15(26-4)14(25-3)7-12(13)20(24)22(2)18(21)10-5-16-17(28-9-27-16)6-11(10)19(21)23/h5-8,18H,9H2,1-4H3/t18-,21-/m1/s1. The number of rotatable bonds is 2. The first-order chi connectivity index (χ1) is 13.4. The first-order valence-electron chi connectivity index (χ1n) is 8.93. The molecular formula is C21H19NO6. The number of benzene rings is 2. The fourth-order valence-corrected chi connectivity index (χ4v) is 4.75. The number of likely N-dealkylation sites (N-methyl/N-ethyl adjacent to an activating group) is 1. The number of amides is 1. The molecule has 0 radical (unpaired) electrons. The van der Waals surface area contributed by atoms with E-state index in [1.165, 1.54) is 14.2 Å². The second kappa shape index (κ2) is 5.41. The third-order valence-electron chi connectivity index (χ3n) is 6.12. The molecule has 0 aromatic heterocycles. The van der Waals surface area contributed by atoms with Crippen LogP contribution in [0.5, 0.6) is 23.0 Å². The Labute approximate surface area is 161 Å². The lowest BCUT2D eigenvalue weighted by Crippen LogP contribution is -2.49. The number of methoxy groups -OCH3 is 2. The predicted octanol–water partition coefficient (Wildman–Crippen LogP) is 2.71. The van der Waals surface area contributed by atoms with Gasteiger partial charge in [-0.1, -0.05) is 0 Å². The zero-order valence-electron chi connectivity index (χ0n) is 16.0. The molecule has 1 amide bonds. The third kappa shape index (κ3) is 1.83. The molecule has 28 heavy (non-hydrogen) atoms. The molecule has 0 unspecified atom stereocenters. The molecule has 2 heterocycles. The van der Waals surface area contributed by atoms with Crippen LogP contribution < -0.4 is 18.9 Å². The van der Waals surface area contributed by atoms with E-state index in [0.717, 1.165) is 5.56 Å². The maximum atomic E-state index is 13.6. The van der Waals surface area contributed by atoms with Crippen molar-refractivity contribution >= 4 is 11.7 Å². The molecule has 0 fully saturated rings. The van der Waals surface area contributed by atoms with Crippen LogP contribution in [0.3, 0.4) is 0 Å². The molecule has 0 spiro atoms. The Morgan fingerprint density at radius 1 is 1.00 bits per heavy atom. The first-order valence-corrected chi connectivity index (χ1v) is 8.93. The average molecular weight is 381 g/mol. The highest BCUT2D eigenvalue weighted by molar-refractivity contribution is 6.14. The Morgan fingerprint density at radius 3 is 2.32 bits per heavy atom. The highest BCUT2D eigenvalue weighted by Gasteiger charge is 2.58. The van der Waals surface area contributed by atoms with Crippen LogP contribution >= 0.6 is 0 Å². The zero-order chi connectivity index (χ0) is 19.8. The molecule has 2 aromatic carbocycles. The van der Waals surface area contributed by atoms with Gasteiger partial charge in [-0.15, -0.1) is 0 Å². The summed E-state index contributed by atoms with van der Waals surface area (Å²) in [6.07, 6.45) is 0. The quantitative estimate of drug-likeness (QED) is 0.796. The Balaban J connectivity index is 1.79. The minimum Gasteiger partial charge on any atom is -0.493 e. The summed E-state index contributed by atoms with van der Waals surface area (Å²) in [6.45, 7) is 2.00. The van der Waals surface area contributed by atoms with Gasteiger partial charge in [-0.3, -0.25) is 9.59 Å². The molecule has 2 atom stereocenters. The lowest BCUT2D eigenvalue weighted by molar-refractivity contribution is 0.0578. The molecule has 0 saturated carbocycles. The van der Waals surface area contributed by atoms with Gasteiger partial charge in [0.2, 0.25) is 6.79 Å². The van der Waals surface area contributed by atoms with Gasteiger partial charge in [0.1, 0.15) is 0 Å². The molecule has 5 rings (SSSR count). The highest BCUT2D eigenvalue weighted by atomic mass is 16.7. The number of carbonyl (C=O) groups is 2. The second-order valence-electron chi connectivity index (χ2n) is 7.40. The van der Waals surface area contributed by atoms with Gasteiger partial charge in [-0.2, -0.15) is 0 Å². The second-order valence-corrected chi connectivity index (χ2v) is 7.40. The largest absolute Gasteiger partial charge is 0.493 e. The SMILES string of the molecule is COc1cc2c(cc1OC)[C@@]1(C)C(=O)c3cc4c(cc3[C@H]1N(C)C2=O)OCO4. The van der Waals surface area contributed by atoms with E-state index in [1.807, 2.05) is 13.0 Å². The minimum absolute atomic E-state index is 0.0568. The number of fused-ring (bicyclic) bond motifs is 6. The fraction of sp³-hybridized carbons (Fsp3) is 0.333. The van der Waals surface area contributed by atoms with Crippen molar-refractivity contribution in [2.75, 3.05) is 28.1 Å². The smallest absolute Gasteiger partial charge is 0.254 e. The van der Waals surface area contributed by atoms with E-state index in [9.17, 15) is 9.59 Å². The van der Waals surface area contributed by atoms with Crippen LogP contribution in [-0.4, -0.2) is 44.7 Å². The third-order valence-corrected chi connectivity index (χ3v) is 6.12. The molecule has 1 aliphatic carbocycles. The Kier molecular flexibility index (Phi) is 3.27. The predicted molar refractivity (Wildman–Crippen MR) is 98.6 cm³/mol. The number of ether oxygens (including phenoxy) is 4. The van der Waals surface area contributed by atoms with Crippen molar-refractivity contribution in [3.63, 3.8) is 0 Å². The molecule has 2 aromatic rings. The van der Waals surface area contributed by atoms with Gasteiger partial charge >= 0.3 is 0 Å². The molecule has 2 aliphatic heterocycles. The Hall–Kier alpha value is -3.22. The first kappa shape index (κ1) is 16.9. The van der Waals surface area contributed by atoms with Gasteiger partial charge in [-0.05, 0) is 42.3 Å². The van der Waals surface area contributed by atoms with Crippen LogP contribution in [0.4, 0.5) is 0 Å². The molecule has 144 valence electrons. The van der Waals surface area contributed by atoms with E-state index < -0.39 is 11.5 Å². The molecule has 0 saturated heterocycles. The lowest BCUT2D eigenvalue weighted by Gasteiger charge is -2.43. The summed E-state index contributed by atoms with van der Waals surface area (Å²) in [5.74, 6) is 1.85. The van der Waals surface area contributed by atoms with Gasteiger partial charge in [0.05, 0.1) is 25.7 Å². The number of ketones is 1. The van der Waals surface area contributed by atoms with E-state index >= 15 is 0 Å². The summed E-state index contributed by atoms with van der Waals surface area (Å²) in [6, 6.07) is 6.50. The topological polar surface area (TPSA) is 74.3 Å². The molecule has 0 bridgehead atoms. The lowest BCUT2D eigenvalue weighted by atomic mass is 9.70. The maximum Gasteiger partial charge on any atom is 0.254 e. The van der Waals surface area contributed by atoms with Crippen LogP contribution in [0.15, 0.2) is 24.3 Å². The van der Waals surface area contributed by atoms with Crippen LogP contribution in [0.25, 0.3) is 0 Å². The summed E-state index contributed by atoms with van der Waals surface area (Å²) >= 11 is 0. The number of hydrogen-bond acceptors (Lipinski definition) is 6. The molecule has 0 N–H and O–H groups in total. The number of carbonyl (C=O) groups excluding carboxylic acids is 2. The highest BCUT2D eigenvalue weighted by Crippen LogP contribution is 2.57. The normalized spacial score (nSPS) is 24.0. The van der Waals surface area contributed by atoms with Crippen LogP contribution in [0, 0.1) is 0 Å². The van der Waals surface area contributed by atoms with Gasteiger partial charge in [0.15, 0.2) is 28.8 Å². The average Bonchev–Trinajstić information content (AvgIpc) is 3.25. The van der Waals surface area contributed by atoms with Crippen LogP contribution in [-0.2, 0) is 5.41 Å². The molecular weight excluding hydrogens is 362 g/mol. The molecule has 3 aliphatic rings. The van der Waals surface area contributed by atoms with Crippen molar-refractivity contribution in [3.05, 3.63) is 46.5 Å². The van der Waals surface area contributed by atoms with Crippen molar-refractivity contribution in [2.45, 2.75) is 18.4 Å². The van der Waals surface area contributed by atoms with Crippen molar-refractivity contribution < 1.29 is 28.5 Å². The summed E-state index contributed by atoms with van der Waals surface area (Å²) in [5.41, 5.74) is 1.46. The van der Waals surface area contributed by atoms with Gasteiger partial charge in [-0.25, -0.2) is 0 Å². The van der Waals surface area contributed by atoms with E-state index in [2.05, 4.69) is 0 Å². The zero-order valence-corrected chi connectivity index (χ0v) is 16.0. The summed E-state index contributed by atoms with van der Waals surface area (Å²) in [5, 5.41) is 0. The van der Waals surface area contributed by atoms with Gasteiger partial charge < -0.3 is 23.8 Å². The molecule has 7 nitrogen and oxygen atoms in total. The fourth-order valence-electron chi connectivity index (χ4n) is 4.75. The number of nitrogens with zero attached hydrogens (tertiary/aromatic N) is 1. The van der Waals surface area contributed by atoms with Gasteiger partial charge in [0.25, 0.3) is 5.91 Å². The van der Waals surface area contributed by atoms with Crippen molar-refractivity contribution in [3.8, 4) is 23.0 Å². The van der Waals surface area contributed by atoms with Gasteiger partial charge in [0, 0.05) is 18.2 Å². The molecule has 7 heteroatoms. The van der Waals surface area contributed by atoms with E-state index in [0.29, 0.717) is 39.7 Å². The number of Topliss-reactive ketones (excluding diaryl/α,β-unsaturated/α-hetero) is 1. The Bertz CT molecular complexity index is 1060. The Morgan fingerprint density at radius 2 is 1.64 bits per heavy atom. The summed E-state index contributed by atoms with van der Waals surface area (Å²) in [7, 11) is 4.77. The van der Waals surface area contributed by atoms with E-state index in [4.69, 9.17) is 18.9 Å². The van der Waals surface area contributed by atoms with Crippen LogP contribution in [0.2, 0.25) is 0 Å². The number of hydrogen-bond donors (Lipinski definition) is 0. The van der Waals surface area contributed by atoms with Crippen LogP contribution in [0.1, 0.15) is 44.8 Å². The summed E-state index contributed by atoms with van der Waals surface area (Å²) in [4.78, 5) is 28.4. The van der Waals surface area contributed by atoms with Crippen molar-refractivity contribution in [1.82, 2.24) is 4.90 Å². The van der Waals surface area contributed by atoms with E-state index in [-0.39, 0.29) is 18.5 Å². The monoisotopic (exact) mass is 381 g/mol. The maximum absolute atomic E-state index is 13.6. The van der Waals surface area contributed by atoms with Crippen molar-refractivity contribution in [2.24, 2.45) is 0 Å². The van der Waals surface area contributed by atoms with E-state index in [1.54, 1.807) is 30.1 Å². The van der Waals surface area contributed by atoms with Crippen molar-refractivity contribution in [1.29, 1.82) is 0 Å².